The Labute approximate surface area is 108 Å². The number of hydrogen-bond acceptors (Lipinski definition) is 4. The predicted molar refractivity (Wildman–Crippen MR) is 68.8 cm³/mol. The first-order valence-electron chi connectivity index (χ1n) is 6.87. The van der Waals surface area contributed by atoms with Crippen LogP contribution in [0.2, 0.25) is 0 Å². The Hall–Kier alpha value is -0.940. The lowest BCUT2D eigenvalue weighted by atomic mass is 10.0. The van der Waals surface area contributed by atoms with Crippen molar-refractivity contribution in [2.24, 2.45) is 11.7 Å². The van der Waals surface area contributed by atoms with Crippen LogP contribution in [-0.2, 0) is 9.59 Å². The third-order valence-corrected chi connectivity index (χ3v) is 4.32. The van der Waals surface area contributed by atoms with Crippen LogP contribution in [0.1, 0.15) is 32.1 Å². The Morgan fingerprint density at radius 2 is 1.94 bits per heavy atom. The van der Waals surface area contributed by atoms with E-state index in [0.29, 0.717) is 31.3 Å². The minimum atomic E-state index is -0.0183. The molecule has 5 heteroatoms. The Morgan fingerprint density at radius 3 is 2.56 bits per heavy atom. The van der Waals surface area contributed by atoms with Gasteiger partial charge in [-0.3, -0.25) is 14.5 Å². The van der Waals surface area contributed by atoms with Crippen LogP contribution in [0.3, 0.4) is 0 Å². The Bertz CT molecular complexity index is 316. The Kier molecular flexibility index (Phi) is 4.35. The van der Waals surface area contributed by atoms with Crippen LogP contribution in [0.5, 0.6) is 0 Å². The summed E-state index contributed by atoms with van der Waals surface area (Å²) in [6.07, 6.45) is 4.39. The average Bonchev–Trinajstić information content (AvgIpc) is 2.94. The molecular formula is C13H23N3O2. The SMILES string of the molecule is CN(CCN1C(=O)CCC1=O)C1CCCC1CN. The van der Waals surface area contributed by atoms with Gasteiger partial charge in [0.1, 0.15) is 0 Å². The first-order valence-corrected chi connectivity index (χ1v) is 6.87. The summed E-state index contributed by atoms with van der Waals surface area (Å²) >= 11 is 0. The summed E-state index contributed by atoms with van der Waals surface area (Å²) in [5.41, 5.74) is 5.78. The lowest BCUT2D eigenvalue weighted by molar-refractivity contribution is -0.138. The summed E-state index contributed by atoms with van der Waals surface area (Å²) in [7, 11) is 2.07. The fraction of sp³-hybridized carbons (Fsp3) is 0.846. The summed E-state index contributed by atoms with van der Waals surface area (Å²) < 4.78 is 0. The first kappa shape index (κ1) is 13.5. The molecule has 18 heavy (non-hydrogen) atoms. The van der Waals surface area contributed by atoms with Crippen molar-refractivity contribution in [2.75, 3.05) is 26.7 Å². The van der Waals surface area contributed by atoms with E-state index in [1.54, 1.807) is 0 Å². The quantitative estimate of drug-likeness (QED) is 0.711. The van der Waals surface area contributed by atoms with E-state index in [4.69, 9.17) is 5.73 Å². The zero-order valence-corrected chi connectivity index (χ0v) is 11.1. The molecule has 0 aromatic heterocycles. The lowest BCUT2D eigenvalue weighted by Gasteiger charge is -2.30. The minimum Gasteiger partial charge on any atom is -0.330 e. The average molecular weight is 253 g/mol. The molecule has 0 aromatic carbocycles. The van der Waals surface area contributed by atoms with E-state index in [9.17, 15) is 9.59 Å². The molecular weight excluding hydrogens is 230 g/mol. The standard InChI is InChI=1S/C13H23N3O2/c1-15(11-4-2-3-10(11)9-14)7-8-16-12(17)5-6-13(16)18/h10-11H,2-9,14H2,1H3. The molecule has 1 saturated carbocycles. The van der Waals surface area contributed by atoms with Gasteiger partial charge in [-0.2, -0.15) is 0 Å². The van der Waals surface area contributed by atoms with Crippen LogP contribution in [-0.4, -0.2) is 54.3 Å². The Morgan fingerprint density at radius 1 is 1.28 bits per heavy atom. The fourth-order valence-corrected chi connectivity index (χ4v) is 3.17. The largest absolute Gasteiger partial charge is 0.330 e. The monoisotopic (exact) mass is 253 g/mol. The van der Waals surface area contributed by atoms with Crippen molar-refractivity contribution in [1.82, 2.24) is 9.80 Å². The van der Waals surface area contributed by atoms with Gasteiger partial charge in [-0.15, -0.1) is 0 Å². The van der Waals surface area contributed by atoms with E-state index >= 15 is 0 Å². The van der Waals surface area contributed by atoms with Crippen LogP contribution >= 0.6 is 0 Å². The maximum Gasteiger partial charge on any atom is 0.229 e. The number of amides is 2. The van der Waals surface area contributed by atoms with Crippen molar-refractivity contribution in [3.05, 3.63) is 0 Å². The van der Waals surface area contributed by atoms with Crippen molar-refractivity contribution in [3.8, 4) is 0 Å². The lowest BCUT2D eigenvalue weighted by Crippen LogP contribution is -2.43. The van der Waals surface area contributed by atoms with Crippen molar-refractivity contribution >= 4 is 11.8 Å². The van der Waals surface area contributed by atoms with Crippen molar-refractivity contribution in [3.63, 3.8) is 0 Å². The molecule has 2 unspecified atom stereocenters. The predicted octanol–water partition coefficient (Wildman–Crippen LogP) is 0.195. The number of imide groups is 1. The van der Waals surface area contributed by atoms with Gasteiger partial charge in [0, 0.05) is 32.0 Å². The molecule has 0 spiro atoms. The molecule has 0 aromatic rings. The topological polar surface area (TPSA) is 66.6 Å². The van der Waals surface area contributed by atoms with E-state index in [1.165, 1.54) is 24.2 Å². The van der Waals surface area contributed by atoms with Gasteiger partial charge in [-0.05, 0) is 32.4 Å². The smallest absolute Gasteiger partial charge is 0.229 e. The third-order valence-electron chi connectivity index (χ3n) is 4.32. The zero-order valence-electron chi connectivity index (χ0n) is 11.1. The number of carbonyl (C=O) groups is 2. The molecule has 0 bridgehead atoms. The molecule has 1 saturated heterocycles. The number of carbonyl (C=O) groups excluding carboxylic acids is 2. The molecule has 2 amide bonds. The second-order valence-electron chi connectivity index (χ2n) is 5.41. The van der Waals surface area contributed by atoms with E-state index in [0.717, 1.165) is 13.1 Å². The van der Waals surface area contributed by atoms with Crippen LogP contribution in [0, 0.1) is 5.92 Å². The summed E-state index contributed by atoms with van der Waals surface area (Å²) in [6, 6.07) is 0.516. The van der Waals surface area contributed by atoms with Gasteiger partial charge in [0.15, 0.2) is 0 Å². The zero-order chi connectivity index (χ0) is 13.1. The molecule has 2 atom stereocenters. The third kappa shape index (κ3) is 2.72. The minimum absolute atomic E-state index is 0.0183. The first-order chi connectivity index (χ1) is 8.63. The highest BCUT2D eigenvalue weighted by atomic mass is 16.2. The molecule has 102 valence electrons. The number of likely N-dealkylation sites (tertiary alicyclic amines) is 1. The highest BCUT2D eigenvalue weighted by molar-refractivity contribution is 6.01. The maximum atomic E-state index is 11.5. The summed E-state index contributed by atoms with van der Waals surface area (Å²) in [5, 5.41) is 0. The summed E-state index contributed by atoms with van der Waals surface area (Å²) in [4.78, 5) is 26.7. The van der Waals surface area contributed by atoms with E-state index < -0.39 is 0 Å². The highest BCUT2D eigenvalue weighted by Gasteiger charge is 2.32. The highest BCUT2D eigenvalue weighted by Crippen LogP contribution is 2.28. The molecule has 2 rings (SSSR count). The Balaban J connectivity index is 1.82. The second-order valence-corrected chi connectivity index (χ2v) is 5.41. The summed E-state index contributed by atoms with van der Waals surface area (Å²) in [6.45, 7) is 2.02. The molecule has 1 aliphatic heterocycles. The number of hydrogen-bond donors (Lipinski definition) is 1. The van der Waals surface area contributed by atoms with E-state index in [-0.39, 0.29) is 11.8 Å². The molecule has 1 aliphatic carbocycles. The van der Waals surface area contributed by atoms with Gasteiger partial charge in [0.05, 0.1) is 0 Å². The van der Waals surface area contributed by atoms with Gasteiger partial charge in [-0.25, -0.2) is 0 Å². The van der Waals surface area contributed by atoms with Crippen LogP contribution < -0.4 is 5.73 Å². The maximum absolute atomic E-state index is 11.5. The van der Waals surface area contributed by atoms with Crippen LogP contribution in [0.15, 0.2) is 0 Å². The summed E-state index contributed by atoms with van der Waals surface area (Å²) in [5.74, 6) is 0.533. The number of nitrogens with zero attached hydrogens (tertiary/aromatic N) is 2. The fourth-order valence-electron chi connectivity index (χ4n) is 3.17. The second kappa shape index (κ2) is 5.80. The van der Waals surface area contributed by atoms with Crippen molar-refractivity contribution in [1.29, 1.82) is 0 Å². The van der Waals surface area contributed by atoms with Crippen molar-refractivity contribution in [2.45, 2.75) is 38.1 Å². The molecule has 5 nitrogen and oxygen atoms in total. The van der Waals surface area contributed by atoms with E-state index in [1.807, 2.05) is 0 Å². The van der Waals surface area contributed by atoms with Gasteiger partial charge >= 0.3 is 0 Å². The molecule has 1 heterocycles. The molecule has 2 fully saturated rings. The number of rotatable bonds is 5. The number of likely N-dealkylation sites (N-methyl/N-ethyl adjacent to an activating group) is 1. The van der Waals surface area contributed by atoms with Crippen molar-refractivity contribution < 1.29 is 9.59 Å². The number of nitrogens with two attached hydrogens (primary N) is 1. The van der Waals surface area contributed by atoms with E-state index in [2.05, 4.69) is 11.9 Å². The van der Waals surface area contributed by atoms with Gasteiger partial charge in [0.2, 0.25) is 11.8 Å². The van der Waals surface area contributed by atoms with Crippen LogP contribution in [0.4, 0.5) is 0 Å². The molecule has 0 radical (unpaired) electrons. The van der Waals surface area contributed by atoms with Gasteiger partial charge < -0.3 is 10.6 Å². The van der Waals surface area contributed by atoms with Gasteiger partial charge in [-0.1, -0.05) is 6.42 Å². The van der Waals surface area contributed by atoms with Crippen LogP contribution in [0.25, 0.3) is 0 Å². The van der Waals surface area contributed by atoms with Gasteiger partial charge in [0.25, 0.3) is 0 Å². The molecule has 2 N–H and O–H groups in total. The normalized spacial score (nSPS) is 28.7. The molecule has 2 aliphatic rings.